The second-order valence-electron chi connectivity index (χ2n) is 6.72. The van der Waals surface area contributed by atoms with E-state index in [0.29, 0.717) is 5.69 Å². The molecule has 26 heavy (non-hydrogen) atoms. The lowest BCUT2D eigenvalue weighted by Gasteiger charge is -2.22. The molecule has 2 aromatic rings. The number of carbonyl (C=O) groups excluding carboxylic acids is 2. The van der Waals surface area contributed by atoms with Crippen LogP contribution in [0.3, 0.4) is 0 Å². The summed E-state index contributed by atoms with van der Waals surface area (Å²) in [6.07, 6.45) is 5.97. The Bertz CT molecular complexity index is 740. The molecule has 1 saturated carbocycles. The number of nitrogens with one attached hydrogen (secondary N) is 3. The van der Waals surface area contributed by atoms with Crippen LogP contribution in [-0.4, -0.2) is 18.0 Å². The third kappa shape index (κ3) is 5.62. The Morgan fingerprint density at radius 2 is 1.58 bits per heavy atom. The van der Waals surface area contributed by atoms with Gasteiger partial charge in [0.25, 0.3) is 0 Å². The van der Waals surface area contributed by atoms with E-state index in [-0.39, 0.29) is 24.4 Å². The number of hydrogen-bond acceptors (Lipinski definition) is 2. The minimum Gasteiger partial charge on any atom is -0.335 e. The molecule has 136 valence electrons. The molecule has 5 nitrogen and oxygen atoms in total. The van der Waals surface area contributed by atoms with E-state index in [1.54, 1.807) is 0 Å². The lowest BCUT2D eigenvalue weighted by atomic mass is 9.96. The predicted octanol–water partition coefficient (Wildman–Crippen LogP) is 4.32. The molecule has 0 radical (unpaired) electrons. The summed E-state index contributed by atoms with van der Waals surface area (Å²) in [4.78, 5) is 24.3. The van der Waals surface area contributed by atoms with Crippen LogP contribution in [0.4, 0.5) is 16.2 Å². The molecular weight excluding hydrogens is 326 g/mol. The van der Waals surface area contributed by atoms with Crippen molar-refractivity contribution < 1.29 is 9.59 Å². The smallest absolute Gasteiger partial charge is 0.319 e. The highest BCUT2D eigenvalue weighted by Crippen LogP contribution is 2.18. The highest BCUT2D eigenvalue weighted by molar-refractivity contribution is 5.93. The summed E-state index contributed by atoms with van der Waals surface area (Å²) in [5.74, 6) is -0.0833. The standard InChI is InChI=1S/C21H25N3O2/c25-20(22-17-9-3-1-4-10-17)15-16-8-7-13-19(14-16)24-21(26)23-18-11-5-2-6-12-18/h1,3-4,7-10,13-14,18H,2,5-6,11-12,15H2,(H,22,25)(H2,23,24,26). The molecule has 2 aromatic carbocycles. The lowest BCUT2D eigenvalue weighted by Crippen LogP contribution is -2.39. The maximum atomic E-state index is 12.2. The zero-order valence-electron chi connectivity index (χ0n) is 14.8. The fourth-order valence-corrected chi connectivity index (χ4v) is 3.27. The largest absolute Gasteiger partial charge is 0.335 e. The second-order valence-corrected chi connectivity index (χ2v) is 6.72. The fraction of sp³-hybridized carbons (Fsp3) is 0.333. The van der Waals surface area contributed by atoms with Crippen molar-refractivity contribution in [2.24, 2.45) is 0 Å². The molecule has 0 atom stereocenters. The van der Waals surface area contributed by atoms with Crippen molar-refractivity contribution in [3.8, 4) is 0 Å². The van der Waals surface area contributed by atoms with Crippen molar-refractivity contribution in [1.82, 2.24) is 5.32 Å². The summed E-state index contributed by atoms with van der Waals surface area (Å²) < 4.78 is 0. The zero-order valence-corrected chi connectivity index (χ0v) is 14.8. The van der Waals surface area contributed by atoms with Gasteiger partial charge in [-0.2, -0.15) is 0 Å². The average Bonchev–Trinajstić information content (AvgIpc) is 2.63. The number of urea groups is 1. The molecule has 0 spiro atoms. The molecule has 0 aliphatic heterocycles. The third-order valence-electron chi connectivity index (χ3n) is 4.55. The third-order valence-corrected chi connectivity index (χ3v) is 4.55. The first kappa shape index (κ1) is 18.0. The Kier molecular flexibility index (Phi) is 6.25. The average molecular weight is 351 g/mol. The van der Waals surface area contributed by atoms with E-state index in [1.807, 2.05) is 54.6 Å². The highest BCUT2D eigenvalue weighted by atomic mass is 16.2. The summed E-state index contributed by atoms with van der Waals surface area (Å²) in [7, 11) is 0. The SMILES string of the molecule is O=C(Cc1cccc(NC(=O)NC2CCCCC2)c1)Nc1ccccc1. The minimum atomic E-state index is -0.178. The number of anilines is 2. The Morgan fingerprint density at radius 3 is 2.35 bits per heavy atom. The van der Waals surface area contributed by atoms with Crippen molar-refractivity contribution in [1.29, 1.82) is 0 Å². The Hall–Kier alpha value is -2.82. The summed E-state index contributed by atoms with van der Waals surface area (Å²) in [5.41, 5.74) is 2.33. The van der Waals surface area contributed by atoms with Gasteiger partial charge in [-0.25, -0.2) is 4.79 Å². The molecule has 5 heteroatoms. The van der Waals surface area contributed by atoms with Crippen molar-refractivity contribution >= 4 is 23.3 Å². The molecule has 0 saturated heterocycles. The summed E-state index contributed by atoms with van der Waals surface area (Å²) in [6, 6.07) is 16.9. The van der Waals surface area contributed by atoms with Crippen LogP contribution in [0.2, 0.25) is 0 Å². The van der Waals surface area contributed by atoms with Gasteiger partial charge in [0.2, 0.25) is 5.91 Å². The topological polar surface area (TPSA) is 70.2 Å². The van der Waals surface area contributed by atoms with Gasteiger partial charge in [0.15, 0.2) is 0 Å². The number of hydrogen-bond donors (Lipinski definition) is 3. The van der Waals surface area contributed by atoms with Gasteiger partial charge in [-0.1, -0.05) is 49.6 Å². The van der Waals surface area contributed by atoms with Crippen LogP contribution in [0.1, 0.15) is 37.7 Å². The molecule has 1 aliphatic carbocycles. The number of amides is 3. The van der Waals surface area contributed by atoms with E-state index < -0.39 is 0 Å². The number of benzene rings is 2. The van der Waals surface area contributed by atoms with E-state index in [2.05, 4.69) is 16.0 Å². The second kappa shape index (κ2) is 9.04. The van der Waals surface area contributed by atoms with Gasteiger partial charge in [0, 0.05) is 17.4 Å². The van der Waals surface area contributed by atoms with Crippen LogP contribution in [0, 0.1) is 0 Å². The molecule has 3 amide bonds. The van der Waals surface area contributed by atoms with Crippen LogP contribution < -0.4 is 16.0 Å². The lowest BCUT2D eigenvalue weighted by molar-refractivity contribution is -0.115. The maximum absolute atomic E-state index is 12.2. The summed E-state index contributed by atoms with van der Waals surface area (Å²) in [5, 5.41) is 8.77. The van der Waals surface area contributed by atoms with Crippen molar-refractivity contribution in [3.63, 3.8) is 0 Å². The first-order valence-electron chi connectivity index (χ1n) is 9.20. The highest BCUT2D eigenvalue weighted by Gasteiger charge is 2.15. The molecule has 0 unspecified atom stereocenters. The van der Waals surface area contributed by atoms with E-state index in [9.17, 15) is 9.59 Å². The number of carbonyl (C=O) groups is 2. The Morgan fingerprint density at radius 1 is 0.846 bits per heavy atom. The van der Waals surface area contributed by atoms with Gasteiger partial charge in [-0.15, -0.1) is 0 Å². The predicted molar refractivity (Wildman–Crippen MR) is 104 cm³/mol. The quantitative estimate of drug-likeness (QED) is 0.751. The Labute approximate surface area is 154 Å². The van der Waals surface area contributed by atoms with Crippen molar-refractivity contribution in [3.05, 3.63) is 60.2 Å². The van der Waals surface area contributed by atoms with E-state index >= 15 is 0 Å². The zero-order chi connectivity index (χ0) is 18.2. The van der Waals surface area contributed by atoms with Crippen LogP contribution in [-0.2, 0) is 11.2 Å². The van der Waals surface area contributed by atoms with Crippen LogP contribution in [0.15, 0.2) is 54.6 Å². The van der Waals surface area contributed by atoms with Gasteiger partial charge in [0.1, 0.15) is 0 Å². The van der Waals surface area contributed by atoms with Crippen molar-refractivity contribution in [2.75, 3.05) is 10.6 Å². The maximum Gasteiger partial charge on any atom is 0.319 e. The van der Waals surface area contributed by atoms with E-state index in [1.165, 1.54) is 19.3 Å². The Balaban J connectivity index is 1.52. The van der Waals surface area contributed by atoms with Gasteiger partial charge >= 0.3 is 6.03 Å². The molecular formula is C21H25N3O2. The molecule has 1 fully saturated rings. The number of rotatable bonds is 5. The van der Waals surface area contributed by atoms with Gasteiger partial charge < -0.3 is 16.0 Å². The number of para-hydroxylation sites is 1. The minimum absolute atomic E-state index is 0.0833. The molecule has 0 aromatic heterocycles. The van der Waals surface area contributed by atoms with Gasteiger partial charge in [-0.05, 0) is 42.7 Å². The molecule has 3 rings (SSSR count). The van der Waals surface area contributed by atoms with Gasteiger partial charge in [-0.3, -0.25) is 4.79 Å². The van der Waals surface area contributed by atoms with E-state index in [0.717, 1.165) is 24.1 Å². The first-order valence-corrected chi connectivity index (χ1v) is 9.20. The van der Waals surface area contributed by atoms with Crippen LogP contribution in [0.25, 0.3) is 0 Å². The van der Waals surface area contributed by atoms with Crippen LogP contribution >= 0.6 is 0 Å². The first-order chi connectivity index (χ1) is 12.7. The van der Waals surface area contributed by atoms with Crippen molar-refractivity contribution in [2.45, 2.75) is 44.6 Å². The molecule has 0 bridgehead atoms. The van der Waals surface area contributed by atoms with Crippen LogP contribution in [0.5, 0.6) is 0 Å². The summed E-state index contributed by atoms with van der Waals surface area (Å²) in [6.45, 7) is 0. The fourth-order valence-electron chi connectivity index (χ4n) is 3.27. The summed E-state index contributed by atoms with van der Waals surface area (Å²) >= 11 is 0. The molecule has 0 heterocycles. The monoisotopic (exact) mass is 351 g/mol. The van der Waals surface area contributed by atoms with Gasteiger partial charge in [0.05, 0.1) is 6.42 Å². The van der Waals surface area contributed by atoms with E-state index in [4.69, 9.17) is 0 Å². The molecule has 1 aliphatic rings. The normalized spacial score (nSPS) is 14.5. The molecule has 3 N–H and O–H groups in total.